The second-order valence-corrected chi connectivity index (χ2v) is 5.37. The van der Waals surface area contributed by atoms with Crippen LogP contribution in [0, 0.1) is 6.92 Å². The molecule has 0 heterocycles. The summed E-state index contributed by atoms with van der Waals surface area (Å²) in [5, 5.41) is 0. The third kappa shape index (κ3) is 5.87. The van der Waals surface area contributed by atoms with Gasteiger partial charge in [-0.05, 0) is 18.9 Å². The zero-order valence-corrected chi connectivity index (χ0v) is 13.1. The average Bonchev–Trinajstić information content (AvgIpc) is 2.35. The van der Waals surface area contributed by atoms with Gasteiger partial charge >= 0.3 is 0 Å². The molecule has 1 atom stereocenters. The maximum absolute atomic E-state index is 5.96. The molecule has 0 saturated heterocycles. The SMILES string of the molecule is CCCCCCOC(CI)c1ccc(C)cc1. The highest BCUT2D eigenvalue weighted by Crippen LogP contribution is 2.21. The Balaban J connectivity index is 2.35. The second kappa shape index (κ2) is 8.92. The molecule has 1 aromatic carbocycles. The van der Waals surface area contributed by atoms with Crippen molar-refractivity contribution in [1.29, 1.82) is 0 Å². The molecule has 0 bridgehead atoms. The van der Waals surface area contributed by atoms with E-state index >= 15 is 0 Å². The minimum atomic E-state index is 0.262. The van der Waals surface area contributed by atoms with Gasteiger partial charge in [0.15, 0.2) is 0 Å². The molecule has 0 spiro atoms. The molecule has 0 aliphatic rings. The summed E-state index contributed by atoms with van der Waals surface area (Å²) in [6.07, 6.45) is 5.35. The van der Waals surface area contributed by atoms with Crippen LogP contribution in [0.1, 0.15) is 49.8 Å². The summed E-state index contributed by atoms with van der Waals surface area (Å²) in [6.45, 7) is 5.25. The van der Waals surface area contributed by atoms with Gasteiger partial charge in [0.2, 0.25) is 0 Å². The van der Waals surface area contributed by atoms with Crippen LogP contribution in [0.4, 0.5) is 0 Å². The first-order valence-electron chi connectivity index (χ1n) is 6.52. The molecule has 1 nitrogen and oxygen atoms in total. The molecule has 96 valence electrons. The summed E-state index contributed by atoms with van der Waals surface area (Å²) in [5.41, 5.74) is 2.62. The van der Waals surface area contributed by atoms with Crippen LogP contribution in [0.5, 0.6) is 0 Å². The fraction of sp³-hybridized carbons (Fsp3) is 0.600. The summed E-state index contributed by atoms with van der Waals surface area (Å²) in [4.78, 5) is 0. The van der Waals surface area contributed by atoms with Crippen molar-refractivity contribution < 1.29 is 4.74 Å². The largest absolute Gasteiger partial charge is 0.373 e. The molecule has 2 heteroatoms. The van der Waals surface area contributed by atoms with E-state index in [4.69, 9.17) is 4.74 Å². The Morgan fingerprint density at radius 1 is 1.12 bits per heavy atom. The van der Waals surface area contributed by atoms with Crippen LogP contribution >= 0.6 is 22.6 Å². The number of halogens is 1. The topological polar surface area (TPSA) is 9.23 Å². The van der Waals surface area contributed by atoms with E-state index in [1.54, 1.807) is 0 Å². The van der Waals surface area contributed by atoms with Crippen molar-refractivity contribution >= 4 is 22.6 Å². The summed E-state index contributed by atoms with van der Waals surface area (Å²) < 4.78 is 6.98. The van der Waals surface area contributed by atoms with E-state index in [2.05, 4.69) is 60.7 Å². The van der Waals surface area contributed by atoms with Crippen LogP contribution in [-0.4, -0.2) is 11.0 Å². The Kier molecular flexibility index (Phi) is 7.86. The Hall–Kier alpha value is -0.0900. The van der Waals surface area contributed by atoms with Gasteiger partial charge in [-0.3, -0.25) is 0 Å². The summed E-state index contributed by atoms with van der Waals surface area (Å²) in [6, 6.07) is 8.69. The zero-order valence-electron chi connectivity index (χ0n) is 10.9. The van der Waals surface area contributed by atoms with Crippen molar-refractivity contribution in [1.82, 2.24) is 0 Å². The normalized spacial score (nSPS) is 12.6. The first-order chi connectivity index (χ1) is 8.27. The van der Waals surface area contributed by atoms with Crippen molar-refractivity contribution in [3.8, 4) is 0 Å². The van der Waals surface area contributed by atoms with Gasteiger partial charge in [-0.15, -0.1) is 0 Å². The van der Waals surface area contributed by atoms with Crippen molar-refractivity contribution in [2.45, 2.75) is 45.6 Å². The minimum absolute atomic E-state index is 0.262. The smallest absolute Gasteiger partial charge is 0.0914 e. The van der Waals surface area contributed by atoms with E-state index in [0.29, 0.717) is 0 Å². The number of hydrogen-bond acceptors (Lipinski definition) is 1. The molecule has 0 aliphatic heterocycles. The van der Waals surface area contributed by atoms with Crippen molar-refractivity contribution in [3.63, 3.8) is 0 Å². The Morgan fingerprint density at radius 2 is 1.82 bits per heavy atom. The number of aryl methyl sites for hydroxylation is 1. The Labute approximate surface area is 119 Å². The monoisotopic (exact) mass is 346 g/mol. The standard InChI is InChI=1S/C15H23IO/c1-3-4-5-6-11-17-15(12-16)14-9-7-13(2)8-10-14/h7-10,15H,3-6,11-12H2,1-2H3. The third-order valence-corrected chi connectivity index (χ3v) is 3.71. The molecule has 1 unspecified atom stereocenters. The summed E-state index contributed by atoms with van der Waals surface area (Å²) >= 11 is 2.41. The number of alkyl halides is 1. The van der Waals surface area contributed by atoms with Gasteiger partial charge in [0.25, 0.3) is 0 Å². The molecule has 0 fully saturated rings. The maximum atomic E-state index is 5.96. The first kappa shape index (κ1) is 15.0. The van der Waals surface area contributed by atoms with Gasteiger partial charge in [0, 0.05) is 11.0 Å². The number of benzene rings is 1. The van der Waals surface area contributed by atoms with E-state index in [1.807, 2.05) is 0 Å². The summed E-state index contributed by atoms with van der Waals surface area (Å²) in [7, 11) is 0. The van der Waals surface area contributed by atoms with E-state index in [1.165, 1.54) is 36.8 Å². The van der Waals surface area contributed by atoms with Gasteiger partial charge < -0.3 is 4.74 Å². The van der Waals surface area contributed by atoms with E-state index < -0.39 is 0 Å². The van der Waals surface area contributed by atoms with Crippen LogP contribution in [0.3, 0.4) is 0 Å². The van der Waals surface area contributed by atoms with Crippen LogP contribution in [-0.2, 0) is 4.74 Å². The molecule has 0 N–H and O–H groups in total. The quantitative estimate of drug-likeness (QED) is 0.363. The van der Waals surface area contributed by atoms with E-state index in [9.17, 15) is 0 Å². The molecule has 0 aliphatic carbocycles. The molecule has 0 aromatic heterocycles. The van der Waals surface area contributed by atoms with Crippen LogP contribution < -0.4 is 0 Å². The molecular weight excluding hydrogens is 323 g/mol. The molecular formula is C15H23IO. The lowest BCUT2D eigenvalue weighted by atomic mass is 10.1. The second-order valence-electron chi connectivity index (χ2n) is 4.49. The molecule has 1 aromatic rings. The van der Waals surface area contributed by atoms with E-state index in [0.717, 1.165) is 11.0 Å². The zero-order chi connectivity index (χ0) is 12.5. The lowest BCUT2D eigenvalue weighted by Gasteiger charge is -2.16. The molecule has 17 heavy (non-hydrogen) atoms. The summed E-state index contributed by atoms with van der Waals surface area (Å²) in [5.74, 6) is 0. The van der Waals surface area contributed by atoms with Crippen molar-refractivity contribution in [2.24, 2.45) is 0 Å². The lowest BCUT2D eigenvalue weighted by molar-refractivity contribution is 0.0679. The Morgan fingerprint density at radius 3 is 2.41 bits per heavy atom. The van der Waals surface area contributed by atoms with Gasteiger partial charge in [0.05, 0.1) is 6.10 Å². The van der Waals surface area contributed by atoms with E-state index in [-0.39, 0.29) is 6.10 Å². The number of ether oxygens (including phenoxy) is 1. The number of unbranched alkanes of at least 4 members (excludes halogenated alkanes) is 3. The molecule has 0 amide bonds. The van der Waals surface area contributed by atoms with Gasteiger partial charge in [-0.1, -0.05) is 78.6 Å². The van der Waals surface area contributed by atoms with Crippen molar-refractivity contribution in [3.05, 3.63) is 35.4 Å². The minimum Gasteiger partial charge on any atom is -0.373 e. The fourth-order valence-electron chi connectivity index (χ4n) is 1.77. The highest BCUT2D eigenvalue weighted by molar-refractivity contribution is 14.1. The van der Waals surface area contributed by atoms with Crippen LogP contribution in [0.2, 0.25) is 0 Å². The predicted octanol–water partition coefficient (Wildman–Crippen LogP) is 5.07. The highest BCUT2D eigenvalue weighted by Gasteiger charge is 2.09. The average molecular weight is 346 g/mol. The highest BCUT2D eigenvalue weighted by atomic mass is 127. The van der Waals surface area contributed by atoms with Crippen LogP contribution in [0.25, 0.3) is 0 Å². The molecule has 0 radical (unpaired) electrons. The molecule has 1 rings (SSSR count). The predicted molar refractivity (Wildman–Crippen MR) is 82.9 cm³/mol. The van der Waals surface area contributed by atoms with Gasteiger partial charge in [0.1, 0.15) is 0 Å². The fourth-order valence-corrected chi connectivity index (χ4v) is 2.53. The van der Waals surface area contributed by atoms with Gasteiger partial charge in [-0.25, -0.2) is 0 Å². The van der Waals surface area contributed by atoms with Crippen LogP contribution in [0.15, 0.2) is 24.3 Å². The van der Waals surface area contributed by atoms with Crippen molar-refractivity contribution in [2.75, 3.05) is 11.0 Å². The lowest BCUT2D eigenvalue weighted by Crippen LogP contribution is -2.07. The number of rotatable bonds is 8. The third-order valence-electron chi connectivity index (χ3n) is 2.91. The maximum Gasteiger partial charge on any atom is 0.0914 e. The number of hydrogen-bond donors (Lipinski definition) is 0. The van der Waals surface area contributed by atoms with Gasteiger partial charge in [-0.2, -0.15) is 0 Å². The first-order valence-corrected chi connectivity index (χ1v) is 8.04. The molecule has 0 saturated carbocycles. The Bertz CT molecular complexity index is 294.